The van der Waals surface area contributed by atoms with Crippen molar-refractivity contribution in [3.05, 3.63) is 21.8 Å². The number of pyridine rings is 1. The van der Waals surface area contributed by atoms with E-state index in [9.17, 15) is 0 Å². The molecule has 0 radical (unpaired) electrons. The predicted octanol–water partition coefficient (Wildman–Crippen LogP) is 2.18. The summed E-state index contributed by atoms with van der Waals surface area (Å²) >= 11 is 3.39. The second kappa shape index (κ2) is 3.00. The van der Waals surface area contributed by atoms with Gasteiger partial charge in [-0.25, -0.2) is 4.98 Å². The van der Waals surface area contributed by atoms with Crippen molar-refractivity contribution < 1.29 is 0 Å². The van der Waals surface area contributed by atoms with E-state index in [1.54, 1.807) is 6.07 Å². The van der Waals surface area contributed by atoms with Gasteiger partial charge in [-0.1, -0.05) is 0 Å². The zero-order chi connectivity index (χ0) is 9.42. The average Bonchev–Trinajstić information content (AvgIpc) is 2.91. The lowest BCUT2D eigenvalue weighted by molar-refractivity contribution is 1.01. The van der Waals surface area contributed by atoms with Crippen molar-refractivity contribution in [2.24, 2.45) is 0 Å². The van der Waals surface area contributed by atoms with Gasteiger partial charge < -0.3 is 5.73 Å². The number of anilines is 1. The molecule has 0 spiro atoms. The lowest BCUT2D eigenvalue weighted by Gasteiger charge is -2.03. The van der Waals surface area contributed by atoms with Gasteiger partial charge in [-0.2, -0.15) is 5.26 Å². The lowest BCUT2D eigenvalue weighted by atomic mass is 10.2. The Kier molecular flexibility index (Phi) is 1.97. The van der Waals surface area contributed by atoms with E-state index in [1.807, 2.05) is 6.07 Å². The second-order valence-corrected chi connectivity index (χ2v) is 4.03. The molecule has 0 unspecified atom stereocenters. The number of hydrogen-bond donors (Lipinski definition) is 1. The van der Waals surface area contributed by atoms with Crippen LogP contribution in [0.4, 0.5) is 5.82 Å². The van der Waals surface area contributed by atoms with E-state index in [0.717, 1.165) is 10.2 Å². The predicted molar refractivity (Wildman–Crippen MR) is 53.0 cm³/mol. The standard InChI is InChI=1S/C9H8BrN3/c10-7-3-6(4-11)9(12)13-8(7)5-1-2-5/h3,5H,1-2H2,(H2,12,13). The number of nitrogen functional groups attached to an aromatic ring is 1. The molecule has 3 nitrogen and oxygen atoms in total. The fraction of sp³-hybridized carbons (Fsp3) is 0.333. The van der Waals surface area contributed by atoms with Crippen LogP contribution in [0, 0.1) is 11.3 Å². The van der Waals surface area contributed by atoms with Gasteiger partial charge >= 0.3 is 0 Å². The van der Waals surface area contributed by atoms with Crippen molar-refractivity contribution in [3.63, 3.8) is 0 Å². The van der Waals surface area contributed by atoms with E-state index in [1.165, 1.54) is 12.8 Å². The zero-order valence-corrected chi connectivity index (χ0v) is 8.50. The van der Waals surface area contributed by atoms with Crippen LogP contribution in [-0.2, 0) is 0 Å². The first-order valence-electron chi connectivity index (χ1n) is 4.08. The number of nitrogens with two attached hydrogens (primary N) is 1. The van der Waals surface area contributed by atoms with Gasteiger partial charge in [-0.3, -0.25) is 0 Å². The topological polar surface area (TPSA) is 62.7 Å². The minimum absolute atomic E-state index is 0.340. The highest BCUT2D eigenvalue weighted by Crippen LogP contribution is 2.42. The highest BCUT2D eigenvalue weighted by atomic mass is 79.9. The Morgan fingerprint density at radius 3 is 2.85 bits per heavy atom. The lowest BCUT2D eigenvalue weighted by Crippen LogP contribution is -1.99. The van der Waals surface area contributed by atoms with Gasteiger partial charge in [0.25, 0.3) is 0 Å². The summed E-state index contributed by atoms with van der Waals surface area (Å²) in [5, 5.41) is 8.70. The van der Waals surface area contributed by atoms with E-state index in [2.05, 4.69) is 20.9 Å². The molecule has 1 heterocycles. The van der Waals surface area contributed by atoms with Gasteiger partial charge in [0.15, 0.2) is 0 Å². The van der Waals surface area contributed by atoms with Gasteiger partial charge in [0.1, 0.15) is 11.9 Å². The fourth-order valence-electron chi connectivity index (χ4n) is 1.25. The maximum Gasteiger partial charge on any atom is 0.141 e. The van der Waals surface area contributed by atoms with Crippen LogP contribution in [-0.4, -0.2) is 4.98 Å². The summed E-state index contributed by atoms with van der Waals surface area (Å²) in [5.41, 5.74) is 7.05. The summed E-state index contributed by atoms with van der Waals surface area (Å²) < 4.78 is 0.903. The minimum atomic E-state index is 0.340. The molecule has 4 heteroatoms. The number of nitrogens with zero attached hydrogens (tertiary/aromatic N) is 2. The van der Waals surface area contributed by atoms with Gasteiger partial charge in [0, 0.05) is 10.4 Å². The van der Waals surface area contributed by atoms with Crippen LogP contribution in [0.1, 0.15) is 30.0 Å². The highest BCUT2D eigenvalue weighted by molar-refractivity contribution is 9.10. The molecule has 13 heavy (non-hydrogen) atoms. The summed E-state index contributed by atoms with van der Waals surface area (Å²) in [4.78, 5) is 4.21. The monoisotopic (exact) mass is 237 g/mol. The number of hydrogen-bond acceptors (Lipinski definition) is 3. The van der Waals surface area contributed by atoms with E-state index in [-0.39, 0.29) is 0 Å². The van der Waals surface area contributed by atoms with Crippen molar-refractivity contribution in [3.8, 4) is 6.07 Å². The Morgan fingerprint density at radius 1 is 1.62 bits per heavy atom. The van der Waals surface area contributed by atoms with E-state index in [0.29, 0.717) is 17.3 Å². The van der Waals surface area contributed by atoms with Gasteiger partial charge in [0.05, 0.1) is 11.3 Å². The highest BCUT2D eigenvalue weighted by Gasteiger charge is 2.27. The molecule has 1 saturated carbocycles. The number of rotatable bonds is 1. The van der Waals surface area contributed by atoms with Gasteiger partial charge in [-0.15, -0.1) is 0 Å². The SMILES string of the molecule is N#Cc1cc(Br)c(C2CC2)nc1N. The maximum atomic E-state index is 8.70. The Hall–Kier alpha value is -1.08. The first-order valence-corrected chi connectivity index (χ1v) is 4.87. The molecule has 1 aliphatic rings. The largest absolute Gasteiger partial charge is 0.383 e. The Morgan fingerprint density at radius 2 is 2.31 bits per heavy atom. The smallest absolute Gasteiger partial charge is 0.141 e. The van der Waals surface area contributed by atoms with Crippen molar-refractivity contribution in [1.82, 2.24) is 4.98 Å². The molecule has 66 valence electrons. The number of nitriles is 1. The molecule has 1 aromatic rings. The first kappa shape index (κ1) is 8.52. The summed E-state index contributed by atoms with van der Waals surface area (Å²) in [6.07, 6.45) is 2.36. The van der Waals surface area contributed by atoms with Crippen molar-refractivity contribution in [2.75, 3.05) is 5.73 Å². The molecule has 1 aliphatic carbocycles. The van der Waals surface area contributed by atoms with Crippen molar-refractivity contribution >= 4 is 21.7 Å². The molecular weight excluding hydrogens is 230 g/mol. The average molecular weight is 238 g/mol. The summed E-state index contributed by atoms with van der Waals surface area (Å²) in [6, 6.07) is 3.75. The van der Waals surface area contributed by atoms with Crippen molar-refractivity contribution in [1.29, 1.82) is 5.26 Å². The van der Waals surface area contributed by atoms with Crippen LogP contribution in [0.5, 0.6) is 0 Å². The van der Waals surface area contributed by atoms with E-state index >= 15 is 0 Å². The third kappa shape index (κ3) is 1.52. The third-order valence-electron chi connectivity index (χ3n) is 2.12. The third-order valence-corrected chi connectivity index (χ3v) is 2.75. The first-order chi connectivity index (χ1) is 6.22. The van der Waals surface area contributed by atoms with Crippen LogP contribution in [0.3, 0.4) is 0 Å². The van der Waals surface area contributed by atoms with E-state index in [4.69, 9.17) is 11.0 Å². The van der Waals surface area contributed by atoms with Crippen LogP contribution >= 0.6 is 15.9 Å². The minimum Gasteiger partial charge on any atom is -0.383 e. The fourth-order valence-corrected chi connectivity index (χ4v) is 1.89. The molecule has 1 fully saturated rings. The van der Waals surface area contributed by atoms with Crippen molar-refractivity contribution in [2.45, 2.75) is 18.8 Å². The molecule has 0 amide bonds. The molecule has 0 saturated heterocycles. The zero-order valence-electron chi connectivity index (χ0n) is 6.92. The number of aromatic nitrogens is 1. The van der Waals surface area contributed by atoms with Gasteiger partial charge in [-0.05, 0) is 34.8 Å². The summed E-state index contributed by atoms with van der Waals surface area (Å²) in [7, 11) is 0. The number of halogens is 1. The molecule has 0 bridgehead atoms. The molecule has 2 rings (SSSR count). The molecule has 2 N–H and O–H groups in total. The Labute approximate surface area is 84.7 Å². The molecule has 0 atom stereocenters. The van der Waals surface area contributed by atoms with E-state index < -0.39 is 0 Å². The quantitative estimate of drug-likeness (QED) is 0.815. The van der Waals surface area contributed by atoms with Crippen LogP contribution in [0.2, 0.25) is 0 Å². The summed E-state index contributed by atoms with van der Waals surface area (Å²) in [5.74, 6) is 0.886. The normalized spacial score (nSPS) is 15.4. The van der Waals surface area contributed by atoms with Crippen LogP contribution < -0.4 is 5.73 Å². The van der Waals surface area contributed by atoms with Gasteiger partial charge in [0.2, 0.25) is 0 Å². The second-order valence-electron chi connectivity index (χ2n) is 3.17. The molecule has 0 aliphatic heterocycles. The summed E-state index contributed by atoms with van der Waals surface area (Å²) in [6.45, 7) is 0. The van der Waals surface area contributed by atoms with Crippen LogP contribution in [0.25, 0.3) is 0 Å². The van der Waals surface area contributed by atoms with Crippen LogP contribution in [0.15, 0.2) is 10.5 Å². The Bertz CT molecular complexity index is 391. The molecular formula is C9H8BrN3. The molecule has 1 aromatic heterocycles. The maximum absolute atomic E-state index is 8.70. The Balaban J connectivity index is 2.50. The molecule has 0 aromatic carbocycles.